The molecule has 0 radical (unpaired) electrons. The van der Waals surface area contributed by atoms with Crippen LogP contribution >= 0.6 is 23.2 Å². The van der Waals surface area contributed by atoms with Crippen molar-refractivity contribution in [2.45, 2.75) is 57.6 Å². The third kappa shape index (κ3) is 7.75. The summed E-state index contributed by atoms with van der Waals surface area (Å²) in [6.45, 7) is 6.78. The van der Waals surface area contributed by atoms with Gasteiger partial charge in [-0.3, -0.25) is 13.9 Å². The maximum absolute atomic E-state index is 13.9. The first-order valence-electron chi connectivity index (χ1n) is 12.6. The molecule has 0 unspecified atom stereocenters. The number of nitrogens with one attached hydrogen (secondary N) is 1. The van der Waals surface area contributed by atoms with Crippen LogP contribution in [0, 0.1) is 6.92 Å². The molecule has 0 saturated carbocycles. The highest BCUT2D eigenvalue weighted by atomic mass is 35.5. The molecule has 0 aromatic heterocycles. The van der Waals surface area contributed by atoms with Gasteiger partial charge in [0.1, 0.15) is 12.6 Å². The summed E-state index contributed by atoms with van der Waals surface area (Å²) < 4.78 is 28.7. The van der Waals surface area contributed by atoms with Gasteiger partial charge >= 0.3 is 0 Å². The van der Waals surface area contributed by atoms with Crippen molar-refractivity contribution in [3.05, 3.63) is 94.0 Å². The summed E-state index contributed by atoms with van der Waals surface area (Å²) in [6.07, 6.45) is 0.718. The molecule has 7 nitrogen and oxygen atoms in total. The van der Waals surface area contributed by atoms with Gasteiger partial charge < -0.3 is 10.2 Å². The highest BCUT2D eigenvalue weighted by Gasteiger charge is 2.33. The van der Waals surface area contributed by atoms with Crippen LogP contribution in [0.2, 0.25) is 10.0 Å². The monoisotopic (exact) mass is 589 g/mol. The van der Waals surface area contributed by atoms with Gasteiger partial charge in [0.2, 0.25) is 11.8 Å². The quantitative estimate of drug-likeness (QED) is 0.305. The smallest absolute Gasteiger partial charge is 0.264 e. The highest BCUT2D eigenvalue weighted by Crippen LogP contribution is 2.31. The Morgan fingerprint density at radius 2 is 1.62 bits per heavy atom. The van der Waals surface area contributed by atoms with Crippen LogP contribution in [0.5, 0.6) is 0 Å². The zero-order valence-electron chi connectivity index (χ0n) is 22.4. The molecular formula is C29H33Cl2N3O4S. The molecule has 0 fully saturated rings. The van der Waals surface area contributed by atoms with Crippen molar-refractivity contribution in [3.8, 4) is 0 Å². The lowest BCUT2D eigenvalue weighted by Gasteiger charge is -2.32. The zero-order chi connectivity index (χ0) is 28.7. The Balaban J connectivity index is 2.04. The molecule has 0 spiro atoms. The fourth-order valence-electron chi connectivity index (χ4n) is 3.88. The molecule has 2 amide bonds. The molecular weight excluding hydrogens is 557 g/mol. The average Bonchev–Trinajstić information content (AvgIpc) is 2.90. The van der Waals surface area contributed by atoms with E-state index in [-0.39, 0.29) is 34.1 Å². The number of sulfonamides is 1. The summed E-state index contributed by atoms with van der Waals surface area (Å²) in [5.41, 5.74) is 1.75. The number of hydrogen-bond acceptors (Lipinski definition) is 4. The van der Waals surface area contributed by atoms with Crippen LogP contribution in [0.15, 0.2) is 77.7 Å². The normalized spacial score (nSPS) is 12.9. The predicted octanol–water partition coefficient (Wildman–Crippen LogP) is 5.83. The van der Waals surface area contributed by atoms with Gasteiger partial charge in [-0.1, -0.05) is 72.1 Å². The van der Waals surface area contributed by atoms with E-state index in [0.29, 0.717) is 10.6 Å². The van der Waals surface area contributed by atoms with Crippen LogP contribution in [-0.4, -0.2) is 43.8 Å². The number of aryl methyl sites for hydroxylation is 1. The number of benzene rings is 3. The second-order valence-corrected chi connectivity index (χ2v) is 12.1. The van der Waals surface area contributed by atoms with Crippen molar-refractivity contribution in [2.24, 2.45) is 0 Å². The fourth-order valence-corrected chi connectivity index (χ4v) is 5.82. The maximum atomic E-state index is 13.9. The lowest BCUT2D eigenvalue weighted by molar-refractivity contribution is -0.139. The van der Waals surface area contributed by atoms with Crippen molar-refractivity contribution in [3.63, 3.8) is 0 Å². The molecule has 208 valence electrons. The van der Waals surface area contributed by atoms with E-state index >= 15 is 0 Å². The van der Waals surface area contributed by atoms with Gasteiger partial charge in [0, 0.05) is 17.6 Å². The Kier molecular flexibility index (Phi) is 10.4. The average molecular weight is 591 g/mol. The number of halogens is 2. The van der Waals surface area contributed by atoms with E-state index in [4.69, 9.17) is 23.2 Å². The molecule has 0 heterocycles. The molecule has 0 aliphatic heterocycles. The second-order valence-electron chi connectivity index (χ2n) is 9.42. The van der Waals surface area contributed by atoms with E-state index in [1.165, 1.54) is 17.0 Å². The lowest BCUT2D eigenvalue weighted by atomic mass is 10.1. The van der Waals surface area contributed by atoms with Gasteiger partial charge in [0.15, 0.2) is 0 Å². The molecule has 1 N–H and O–H groups in total. The van der Waals surface area contributed by atoms with Gasteiger partial charge in [0.05, 0.1) is 15.6 Å². The van der Waals surface area contributed by atoms with Crippen molar-refractivity contribution in [1.29, 1.82) is 0 Å². The molecule has 0 bridgehead atoms. The molecule has 0 aliphatic carbocycles. The van der Waals surface area contributed by atoms with Crippen LogP contribution in [0.25, 0.3) is 0 Å². The van der Waals surface area contributed by atoms with Crippen molar-refractivity contribution in [1.82, 2.24) is 10.2 Å². The summed E-state index contributed by atoms with van der Waals surface area (Å²) in [4.78, 5) is 28.4. The van der Waals surface area contributed by atoms with Crippen molar-refractivity contribution in [2.75, 3.05) is 10.8 Å². The molecule has 3 rings (SSSR count). The number of carbonyl (C=O) groups excluding carboxylic acids is 2. The maximum Gasteiger partial charge on any atom is 0.264 e. The molecule has 0 aliphatic rings. The topological polar surface area (TPSA) is 86.8 Å². The van der Waals surface area contributed by atoms with E-state index in [2.05, 4.69) is 5.32 Å². The first-order valence-corrected chi connectivity index (χ1v) is 14.8. The second kappa shape index (κ2) is 13.3. The largest absolute Gasteiger partial charge is 0.352 e. The lowest BCUT2D eigenvalue weighted by Crippen LogP contribution is -2.52. The first-order chi connectivity index (χ1) is 18.4. The Morgan fingerprint density at radius 1 is 0.949 bits per heavy atom. The van der Waals surface area contributed by atoms with E-state index in [1.54, 1.807) is 67.6 Å². The Hall–Kier alpha value is -3.07. The van der Waals surface area contributed by atoms with Crippen LogP contribution in [0.3, 0.4) is 0 Å². The van der Waals surface area contributed by atoms with Crippen molar-refractivity contribution < 1.29 is 18.0 Å². The summed E-state index contributed by atoms with van der Waals surface area (Å²) in [5.74, 6) is -0.914. The fraction of sp³-hybridized carbons (Fsp3) is 0.310. The molecule has 3 aromatic rings. The zero-order valence-corrected chi connectivity index (χ0v) is 24.7. The Morgan fingerprint density at radius 3 is 2.23 bits per heavy atom. The van der Waals surface area contributed by atoms with Crippen LogP contribution < -0.4 is 9.62 Å². The first kappa shape index (κ1) is 30.5. The van der Waals surface area contributed by atoms with Gasteiger partial charge in [-0.2, -0.15) is 0 Å². The number of nitrogens with zero attached hydrogens (tertiary/aromatic N) is 2. The molecule has 39 heavy (non-hydrogen) atoms. The summed E-state index contributed by atoms with van der Waals surface area (Å²) in [6, 6.07) is 18.8. The molecule has 3 aromatic carbocycles. The van der Waals surface area contributed by atoms with Crippen LogP contribution in [-0.2, 0) is 26.2 Å². The van der Waals surface area contributed by atoms with E-state index in [9.17, 15) is 18.0 Å². The van der Waals surface area contributed by atoms with Gasteiger partial charge in [-0.15, -0.1) is 0 Å². The Labute approximate surface area is 240 Å². The predicted molar refractivity (Wildman–Crippen MR) is 157 cm³/mol. The minimum atomic E-state index is -4.19. The van der Waals surface area contributed by atoms with Gasteiger partial charge in [-0.25, -0.2) is 8.42 Å². The summed E-state index contributed by atoms with van der Waals surface area (Å²) >= 11 is 12.6. The van der Waals surface area contributed by atoms with Crippen LogP contribution in [0.1, 0.15) is 38.3 Å². The van der Waals surface area contributed by atoms with E-state index in [1.807, 2.05) is 20.8 Å². The molecule has 0 saturated heterocycles. The number of amides is 2. The van der Waals surface area contributed by atoms with Crippen molar-refractivity contribution >= 4 is 50.7 Å². The minimum absolute atomic E-state index is 0.0183. The number of hydrogen-bond donors (Lipinski definition) is 1. The van der Waals surface area contributed by atoms with Crippen LogP contribution in [0.4, 0.5) is 5.69 Å². The number of rotatable bonds is 11. The third-order valence-corrected chi connectivity index (χ3v) is 8.75. The van der Waals surface area contributed by atoms with E-state index < -0.39 is 28.5 Å². The highest BCUT2D eigenvalue weighted by molar-refractivity contribution is 7.92. The Bertz CT molecular complexity index is 1410. The third-order valence-electron chi connectivity index (χ3n) is 6.42. The van der Waals surface area contributed by atoms with Gasteiger partial charge in [-0.05, 0) is 69.2 Å². The SMILES string of the molecule is CC[C@H](C)NC(=O)[C@H](C)N(Cc1cccc(Cl)c1)C(=O)CN(c1ccccc1Cl)S(=O)(=O)c1ccc(C)cc1. The summed E-state index contributed by atoms with van der Waals surface area (Å²) in [7, 11) is -4.19. The standard InChI is InChI=1S/C29H33Cl2N3O4S/c1-5-21(3)32-29(36)22(4)33(18-23-9-8-10-24(30)17-23)28(35)19-34(27-12-7-6-11-26(27)31)39(37,38)25-15-13-20(2)14-16-25/h6-17,21-22H,5,18-19H2,1-4H3,(H,32,36)/t21-,22-/m0/s1. The molecule has 10 heteroatoms. The minimum Gasteiger partial charge on any atom is -0.352 e. The summed E-state index contributed by atoms with van der Waals surface area (Å²) in [5, 5.41) is 3.56. The van der Waals surface area contributed by atoms with E-state index in [0.717, 1.165) is 16.3 Å². The number of para-hydroxylation sites is 1. The molecule has 2 atom stereocenters. The number of carbonyl (C=O) groups is 2. The van der Waals surface area contributed by atoms with Gasteiger partial charge in [0.25, 0.3) is 10.0 Å². The number of anilines is 1.